The molecule has 17 heavy (non-hydrogen) atoms. The molecule has 0 radical (unpaired) electrons. The van der Waals surface area contributed by atoms with Crippen LogP contribution >= 0.6 is 15.9 Å². The number of rotatable bonds is 4. The van der Waals surface area contributed by atoms with Crippen molar-refractivity contribution in [2.75, 3.05) is 6.61 Å². The number of nitrogens with two attached hydrogens (primary N) is 1. The smallest absolute Gasteiger partial charge is 0.0744 e. The minimum Gasteiger partial charge on any atom is -0.377 e. The van der Waals surface area contributed by atoms with Gasteiger partial charge in [-0.25, -0.2) is 0 Å². The molecule has 0 aliphatic carbocycles. The molecule has 1 aliphatic rings. The predicted octanol–water partition coefficient (Wildman–Crippen LogP) is 1.79. The number of hydrogen-bond acceptors (Lipinski definition) is 4. The molecule has 5 heteroatoms. The minimum absolute atomic E-state index is 0.159. The maximum Gasteiger partial charge on any atom is 0.0744 e. The number of ether oxygens (including phenoxy) is 1. The van der Waals surface area contributed by atoms with Gasteiger partial charge in [-0.1, -0.05) is 0 Å². The van der Waals surface area contributed by atoms with Gasteiger partial charge in [-0.2, -0.15) is 0 Å². The number of halogens is 1. The van der Waals surface area contributed by atoms with Crippen LogP contribution in [-0.2, 0) is 11.2 Å². The van der Waals surface area contributed by atoms with Gasteiger partial charge in [0.1, 0.15) is 0 Å². The first-order valence-corrected chi connectivity index (χ1v) is 6.76. The van der Waals surface area contributed by atoms with Crippen LogP contribution in [0.4, 0.5) is 0 Å². The summed E-state index contributed by atoms with van der Waals surface area (Å²) in [5.41, 5.74) is 4.04. The normalized spacial score (nSPS) is 22.4. The van der Waals surface area contributed by atoms with Crippen molar-refractivity contribution in [1.82, 2.24) is 10.4 Å². The highest BCUT2D eigenvalue weighted by Crippen LogP contribution is 2.19. The molecule has 1 aromatic heterocycles. The van der Waals surface area contributed by atoms with E-state index >= 15 is 0 Å². The molecule has 2 heterocycles. The molecule has 2 atom stereocenters. The Kier molecular flexibility index (Phi) is 4.91. The molecule has 0 saturated carbocycles. The lowest BCUT2D eigenvalue weighted by Crippen LogP contribution is -2.47. The minimum atomic E-state index is 0.159. The van der Waals surface area contributed by atoms with E-state index < -0.39 is 0 Å². The molecule has 0 bridgehead atoms. The Morgan fingerprint density at radius 2 is 2.41 bits per heavy atom. The quantitative estimate of drug-likeness (QED) is 0.657. The fraction of sp³-hybridized carbons (Fsp3) is 0.583. The van der Waals surface area contributed by atoms with Crippen LogP contribution in [0.1, 0.15) is 24.8 Å². The zero-order valence-electron chi connectivity index (χ0n) is 9.73. The summed E-state index contributed by atoms with van der Waals surface area (Å²) in [6.07, 6.45) is 8.17. The van der Waals surface area contributed by atoms with Crippen LogP contribution in [0.2, 0.25) is 0 Å². The average molecular weight is 300 g/mol. The summed E-state index contributed by atoms with van der Waals surface area (Å²) in [6, 6.07) is 2.23. The highest BCUT2D eigenvalue weighted by Gasteiger charge is 2.23. The maximum absolute atomic E-state index is 5.76. The molecule has 1 aromatic rings. The molecule has 0 aromatic carbocycles. The molecule has 2 unspecified atom stereocenters. The number of nitrogens with one attached hydrogen (secondary N) is 1. The second-order valence-corrected chi connectivity index (χ2v) is 5.31. The molecule has 0 amide bonds. The Morgan fingerprint density at radius 1 is 1.53 bits per heavy atom. The Hall–Kier alpha value is -0.490. The average Bonchev–Trinajstić information content (AvgIpc) is 2.37. The van der Waals surface area contributed by atoms with Crippen LogP contribution in [0.3, 0.4) is 0 Å². The van der Waals surface area contributed by atoms with Crippen LogP contribution in [0.15, 0.2) is 22.9 Å². The first-order valence-electron chi connectivity index (χ1n) is 5.97. The van der Waals surface area contributed by atoms with Crippen molar-refractivity contribution in [2.24, 2.45) is 5.84 Å². The number of aromatic nitrogens is 1. The standard InChI is InChI=1S/C12H18BrN3O/c13-10-5-9(7-15-8-10)6-11(16-14)12-3-1-2-4-17-12/h5,7-8,11-12,16H,1-4,6,14H2. The van der Waals surface area contributed by atoms with Crippen molar-refractivity contribution < 1.29 is 4.74 Å². The monoisotopic (exact) mass is 299 g/mol. The van der Waals surface area contributed by atoms with Crippen LogP contribution in [0, 0.1) is 0 Å². The second-order valence-electron chi connectivity index (χ2n) is 4.39. The zero-order chi connectivity index (χ0) is 12.1. The molecular formula is C12H18BrN3O. The Morgan fingerprint density at radius 3 is 3.06 bits per heavy atom. The molecule has 1 aliphatic heterocycles. The van der Waals surface area contributed by atoms with Crippen LogP contribution in [0.25, 0.3) is 0 Å². The van der Waals surface area contributed by atoms with E-state index in [4.69, 9.17) is 10.6 Å². The van der Waals surface area contributed by atoms with E-state index in [2.05, 4.69) is 32.4 Å². The van der Waals surface area contributed by atoms with Crippen LogP contribution < -0.4 is 11.3 Å². The summed E-state index contributed by atoms with van der Waals surface area (Å²) in [4.78, 5) is 4.16. The molecule has 4 nitrogen and oxygen atoms in total. The third kappa shape index (κ3) is 3.74. The van der Waals surface area contributed by atoms with Gasteiger partial charge in [0.2, 0.25) is 0 Å². The molecular weight excluding hydrogens is 282 g/mol. The van der Waals surface area contributed by atoms with Crippen LogP contribution in [0.5, 0.6) is 0 Å². The highest BCUT2D eigenvalue weighted by molar-refractivity contribution is 9.10. The van der Waals surface area contributed by atoms with Gasteiger partial charge in [0.05, 0.1) is 12.1 Å². The third-order valence-electron chi connectivity index (χ3n) is 3.09. The summed E-state index contributed by atoms with van der Waals surface area (Å²) in [6.45, 7) is 0.847. The summed E-state index contributed by atoms with van der Waals surface area (Å²) >= 11 is 3.42. The van der Waals surface area contributed by atoms with Crippen molar-refractivity contribution in [3.05, 3.63) is 28.5 Å². The van der Waals surface area contributed by atoms with E-state index in [0.29, 0.717) is 0 Å². The van der Waals surface area contributed by atoms with E-state index in [0.717, 1.165) is 35.9 Å². The van der Waals surface area contributed by atoms with Gasteiger partial charge in [-0.05, 0) is 53.2 Å². The third-order valence-corrected chi connectivity index (χ3v) is 3.53. The molecule has 0 spiro atoms. The molecule has 1 fully saturated rings. The maximum atomic E-state index is 5.76. The van der Waals surface area contributed by atoms with Gasteiger partial charge < -0.3 is 4.74 Å². The summed E-state index contributed by atoms with van der Waals surface area (Å²) in [5.74, 6) is 5.63. The van der Waals surface area contributed by atoms with Crippen molar-refractivity contribution >= 4 is 15.9 Å². The lowest BCUT2D eigenvalue weighted by molar-refractivity contribution is -0.00745. The highest BCUT2D eigenvalue weighted by atomic mass is 79.9. The number of hydrogen-bond donors (Lipinski definition) is 2. The number of nitrogens with zero attached hydrogens (tertiary/aromatic N) is 1. The van der Waals surface area contributed by atoms with Gasteiger partial charge >= 0.3 is 0 Å². The summed E-state index contributed by atoms with van der Waals surface area (Å²) < 4.78 is 6.75. The van der Waals surface area contributed by atoms with Gasteiger partial charge in [0.25, 0.3) is 0 Å². The van der Waals surface area contributed by atoms with E-state index in [1.165, 1.54) is 6.42 Å². The number of hydrazine groups is 1. The molecule has 3 N–H and O–H groups in total. The summed E-state index contributed by atoms with van der Waals surface area (Å²) in [7, 11) is 0. The Balaban J connectivity index is 1.98. The Bertz CT molecular complexity index is 355. The van der Waals surface area contributed by atoms with E-state index in [9.17, 15) is 0 Å². The number of pyridine rings is 1. The Labute approximate surface area is 110 Å². The first-order chi connectivity index (χ1) is 8.29. The second kappa shape index (κ2) is 6.44. The van der Waals surface area contributed by atoms with Crippen LogP contribution in [-0.4, -0.2) is 23.7 Å². The van der Waals surface area contributed by atoms with Gasteiger partial charge in [0.15, 0.2) is 0 Å². The topological polar surface area (TPSA) is 60.2 Å². The fourth-order valence-electron chi connectivity index (χ4n) is 2.20. The van der Waals surface area contributed by atoms with Crippen molar-refractivity contribution in [2.45, 2.75) is 37.8 Å². The van der Waals surface area contributed by atoms with E-state index in [-0.39, 0.29) is 12.1 Å². The molecule has 94 valence electrons. The SMILES string of the molecule is NNC(Cc1cncc(Br)c1)C1CCCCO1. The fourth-order valence-corrected chi connectivity index (χ4v) is 2.61. The van der Waals surface area contributed by atoms with Gasteiger partial charge in [-0.15, -0.1) is 0 Å². The van der Waals surface area contributed by atoms with Gasteiger partial charge in [0, 0.05) is 23.5 Å². The molecule has 1 saturated heterocycles. The van der Waals surface area contributed by atoms with Crippen molar-refractivity contribution in [1.29, 1.82) is 0 Å². The summed E-state index contributed by atoms with van der Waals surface area (Å²) in [5, 5.41) is 0. The van der Waals surface area contributed by atoms with Crippen molar-refractivity contribution in [3.8, 4) is 0 Å². The zero-order valence-corrected chi connectivity index (χ0v) is 11.3. The lowest BCUT2D eigenvalue weighted by Gasteiger charge is -2.30. The van der Waals surface area contributed by atoms with Gasteiger partial charge in [-0.3, -0.25) is 16.3 Å². The molecule has 2 rings (SSSR count). The van der Waals surface area contributed by atoms with E-state index in [1.807, 2.05) is 6.20 Å². The first kappa shape index (κ1) is 13.0. The van der Waals surface area contributed by atoms with E-state index in [1.54, 1.807) is 6.20 Å². The predicted molar refractivity (Wildman–Crippen MR) is 70.3 cm³/mol. The largest absolute Gasteiger partial charge is 0.377 e. The lowest BCUT2D eigenvalue weighted by atomic mass is 9.97. The van der Waals surface area contributed by atoms with Crippen molar-refractivity contribution in [3.63, 3.8) is 0 Å².